The fraction of sp³-hybridized carbons (Fsp3) is 0.269. The van der Waals surface area contributed by atoms with Gasteiger partial charge in [-0.15, -0.1) is 0 Å². The van der Waals surface area contributed by atoms with Gasteiger partial charge < -0.3 is 19.2 Å². The Morgan fingerprint density at radius 2 is 2.03 bits per heavy atom. The van der Waals surface area contributed by atoms with Crippen molar-refractivity contribution in [2.75, 3.05) is 6.61 Å². The molecule has 33 heavy (non-hydrogen) atoms. The summed E-state index contributed by atoms with van der Waals surface area (Å²) in [6, 6.07) is 11.3. The number of carbonyl (C=O) groups is 2. The van der Waals surface area contributed by atoms with Crippen LogP contribution in [0.2, 0.25) is 0 Å². The first-order valence-corrected chi connectivity index (χ1v) is 10.8. The van der Waals surface area contributed by atoms with Crippen molar-refractivity contribution in [1.29, 1.82) is 0 Å². The maximum atomic E-state index is 13.1. The lowest BCUT2D eigenvalue weighted by molar-refractivity contribution is -0.140. The zero-order valence-corrected chi connectivity index (χ0v) is 18.8. The van der Waals surface area contributed by atoms with Crippen LogP contribution in [-0.4, -0.2) is 33.3 Å². The lowest BCUT2D eigenvalue weighted by Crippen LogP contribution is -2.29. The van der Waals surface area contributed by atoms with Crippen molar-refractivity contribution >= 4 is 17.4 Å². The van der Waals surface area contributed by atoms with Crippen molar-refractivity contribution in [3.8, 4) is 5.75 Å². The summed E-state index contributed by atoms with van der Waals surface area (Å²) in [5.41, 5.74) is 2.01. The number of carbonyl (C=O) groups excluding carboxylic acids is 2. The molecule has 1 amide bonds. The van der Waals surface area contributed by atoms with E-state index in [1.807, 2.05) is 13.0 Å². The monoisotopic (exact) mass is 446 g/mol. The minimum Gasteiger partial charge on any atom is -0.507 e. The van der Waals surface area contributed by atoms with E-state index in [0.29, 0.717) is 29.6 Å². The van der Waals surface area contributed by atoms with Gasteiger partial charge in [-0.1, -0.05) is 19.9 Å². The molecule has 0 bridgehead atoms. The number of benzene rings is 1. The Morgan fingerprint density at radius 1 is 1.21 bits per heavy atom. The van der Waals surface area contributed by atoms with Crippen LogP contribution in [0.15, 0.2) is 71.1 Å². The summed E-state index contributed by atoms with van der Waals surface area (Å²) >= 11 is 0. The van der Waals surface area contributed by atoms with Crippen molar-refractivity contribution in [2.45, 2.75) is 33.4 Å². The Kier molecular flexibility index (Phi) is 6.31. The molecule has 1 saturated heterocycles. The second-order valence-electron chi connectivity index (χ2n) is 8.49. The predicted molar refractivity (Wildman–Crippen MR) is 122 cm³/mol. The summed E-state index contributed by atoms with van der Waals surface area (Å²) in [5.74, 6) is -0.220. The van der Waals surface area contributed by atoms with Crippen LogP contribution >= 0.6 is 0 Å². The summed E-state index contributed by atoms with van der Waals surface area (Å²) in [4.78, 5) is 31.5. The quantitative estimate of drug-likeness (QED) is 0.323. The molecule has 7 heteroatoms. The number of amides is 1. The zero-order valence-electron chi connectivity index (χ0n) is 18.8. The summed E-state index contributed by atoms with van der Waals surface area (Å²) in [6.07, 6.45) is 4.75. The molecule has 1 N–H and O–H groups in total. The molecule has 0 aliphatic carbocycles. The first kappa shape index (κ1) is 22.3. The average molecular weight is 447 g/mol. The lowest BCUT2D eigenvalue weighted by atomic mass is 9.98. The molecular formula is C26H26N2O5. The van der Waals surface area contributed by atoms with Crippen LogP contribution in [0.1, 0.15) is 42.3 Å². The highest BCUT2D eigenvalue weighted by molar-refractivity contribution is 6.46. The number of hydrogen-bond donors (Lipinski definition) is 1. The Labute approximate surface area is 192 Å². The van der Waals surface area contributed by atoms with Crippen molar-refractivity contribution in [2.24, 2.45) is 5.92 Å². The topological polar surface area (TPSA) is 92.9 Å². The number of furan rings is 1. The van der Waals surface area contributed by atoms with E-state index in [9.17, 15) is 14.7 Å². The Balaban J connectivity index is 1.75. The Bertz CT molecular complexity index is 1180. The lowest BCUT2D eigenvalue weighted by Gasteiger charge is -2.23. The number of ether oxygens (including phenoxy) is 1. The van der Waals surface area contributed by atoms with Gasteiger partial charge in [-0.25, -0.2) is 0 Å². The highest BCUT2D eigenvalue weighted by Crippen LogP contribution is 2.40. The first-order valence-electron chi connectivity index (χ1n) is 10.8. The maximum absolute atomic E-state index is 13.1. The van der Waals surface area contributed by atoms with Crippen molar-refractivity contribution in [3.05, 3.63) is 89.1 Å². The molecule has 0 radical (unpaired) electrons. The van der Waals surface area contributed by atoms with E-state index in [1.54, 1.807) is 48.8 Å². The highest BCUT2D eigenvalue weighted by Gasteiger charge is 2.47. The smallest absolute Gasteiger partial charge is 0.296 e. The van der Waals surface area contributed by atoms with Gasteiger partial charge in [0.1, 0.15) is 23.3 Å². The molecule has 4 rings (SSSR count). The molecule has 3 aromatic rings. The van der Waals surface area contributed by atoms with E-state index in [1.165, 1.54) is 11.2 Å². The number of hydrogen-bond acceptors (Lipinski definition) is 6. The molecule has 0 spiro atoms. The van der Waals surface area contributed by atoms with E-state index in [4.69, 9.17) is 9.15 Å². The van der Waals surface area contributed by atoms with Crippen molar-refractivity contribution in [1.82, 2.24) is 9.88 Å². The molecule has 3 heterocycles. The van der Waals surface area contributed by atoms with Crippen molar-refractivity contribution in [3.63, 3.8) is 0 Å². The van der Waals surface area contributed by atoms with E-state index in [-0.39, 0.29) is 17.9 Å². The molecule has 1 aliphatic rings. The number of ketones is 1. The third-order valence-corrected chi connectivity index (χ3v) is 5.45. The minimum absolute atomic E-state index is 0.00547. The second kappa shape index (κ2) is 9.32. The predicted octanol–water partition coefficient (Wildman–Crippen LogP) is 4.64. The van der Waals surface area contributed by atoms with Gasteiger partial charge in [-0.3, -0.25) is 14.6 Å². The van der Waals surface area contributed by atoms with Crippen LogP contribution in [0, 0.1) is 12.8 Å². The normalized spacial score (nSPS) is 17.7. The highest BCUT2D eigenvalue weighted by atomic mass is 16.5. The molecule has 1 aliphatic heterocycles. The van der Waals surface area contributed by atoms with Gasteiger partial charge in [0, 0.05) is 24.5 Å². The number of likely N-dealkylation sites (tertiary alicyclic amines) is 1. The van der Waals surface area contributed by atoms with Crippen LogP contribution in [0.4, 0.5) is 0 Å². The zero-order chi connectivity index (χ0) is 23.5. The number of nitrogens with zero attached hydrogens (tertiary/aromatic N) is 2. The minimum atomic E-state index is -0.850. The fourth-order valence-electron chi connectivity index (χ4n) is 3.84. The van der Waals surface area contributed by atoms with Gasteiger partial charge in [-0.2, -0.15) is 0 Å². The van der Waals surface area contributed by atoms with Gasteiger partial charge in [0.15, 0.2) is 0 Å². The van der Waals surface area contributed by atoms with Gasteiger partial charge in [0.2, 0.25) is 0 Å². The van der Waals surface area contributed by atoms with Crippen LogP contribution in [0.3, 0.4) is 0 Å². The van der Waals surface area contributed by atoms with Crippen molar-refractivity contribution < 1.29 is 23.8 Å². The van der Waals surface area contributed by atoms with E-state index in [0.717, 1.165) is 11.1 Å². The van der Waals surface area contributed by atoms with Crippen LogP contribution in [0.25, 0.3) is 5.76 Å². The molecule has 2 aromatic heterocycles. The third-order valence-electron chi connectivity index (χ3n) is 5.45. The molecule has 0 saturated carbocycles. The molecular weight excluding hydrogens is 420 g/mol. The second-order valence-corrected chi connectivity index (χ2v) is 8.49. The number of pyridine rings is 1. The standard InChI is InChI=1S/C26H26N2O5/c1-16(2)15-33-20-9-8-19(12-17(20)3)24(29)22-23(21-7-5-11-32-21)28(26(31)25(22)30)14-18-6-4-10-27-13-18/h4-13,16,23,29H,14-15H2,1-3H3/b24-22-. The number of aliphatic hydroxyl groups excluding tert-OH is 1. The molecule has 1 unspecified atom stereocenters. The SMILES string of the molecule is Cc1cc(/C(O)=C2/C(=O)C(=O)N(Cc3cccnc3)C2c2ccco2)ccc1OCC(C)C. The van der Waals surface area contributed by atoms with Crippen LogP contribution in [0.5, 0.6) is 5.75 Å². The van der Waals surface area contributed by atoms with Gasteiger partial charge in [0.05, 0.1) is 18.4 Å². The maximum Gasteiger partial charge on any atom is 0.296 e. The first-order chi connectivity index (χ1) is 15.9. The number of aromatic nitrogens is 1. The molecule has 1 atom stereocenters. The largest absolute Gasteiger partial charge is 0.507 e. The molecule has 7 nitrogen and oxygen atoms in total. The van der Waals surface area contributed by atoms with Gasteiger partial charge in [-0.05, 0) is 60.4 Å². The number of aryl methyl sites for hydroxylation is 1. The third kappa shape index (κ3) is 4.53. The van der Waals surface area contributed by atoms with Crippen LogP contribution in [-0.2, 0) is 16.1 Å². The fourth-order valence-corrected chi connectivity index (χ4v) is 3.84. The number of aliphatic hydroxyl groups is 1. The van der Waals surface area contributed by atoms with Crippen LogP contribution < -0.4 is 4.74 Å². The molecule has 1 aromatic carbocycles. The van der Waals surface area contributed by atoms with E-state index in [2.05, 4.69) is 18.8 Å². The number of rotatable bonds is 7. The molecule has 170 valence electrons. The summed E-state index contributed by atoms with van der Waals surface area (Å²) in [5, 5.41) is 11.2. The summed E-state index contributed by atoms with van der Waals surface area (Å²) in [7, 11) is 0. The van der Waals surface area contributed by atoms with Gasteiger partial charge in [0.25, 0.3) is 11.7 Å². The van der Waals surface area contributed by atoms with E-state index >= 15 is 0 Å². The average Bonchev–Trinajstić information content (AvgIpc) is 3.41. The summed E-state index contributed by atoms with van der Waals surface area (Å²) < 4.78 is 11.4. The molecule has 1 fully saturated rings. The summed E-state index contributed by atoms with van der Waals surface area (Å²) in [6.45, 7) is 6.73. The Morgan fingerprint density at radius 3 is 2.67 bits per heavy atom. The number of Topliss-reactive ketones (excluding diaryl/α,β-unsaturated/α-hetero) is 1. The van der Waals surface area contributed by atoms with Gasteiger partial charge >= 0.3 is 0 Å². The Hall–Kier alpha value is -3.87. The van der Waals surface area contributed by atoms with E-state index < -0.39 is 17.7 Å².